The van der Waals surface area contributed by atoms with E-state index >= 15 is 0 Å². The first-order chi connectivity index (χ1) is 20.4. The summed E-state index contributed by atoms with van der Waals surface area (Å²) >= 11 is 9.79. The van der Waals surface area contributed by atoms with Gasteiger partial charge in [-0.1, -0.05) is 66.2 Å². The maximum Gasteiger partial charge on any atom is 0.240 e. The summed E-state index contributed by atoms with van der Waals surface area (Å²) in [6, 6.07) is 25.4. The lowest BCUT2D eigenvalue weighted by Gasteiger charge is -2.24. The van der Waals surface area contributed by atoms with Gasteiger partial charge in [-0.15, -0.1) is 23.1 Å². The molecule has 0 fully saturated rings. The van der Waals surface area contributed by atoms with Crippen molar-refractivity contribution in [2.75, 3.05) is 17.2 Å². The minimum atomic E-state index is -0.343. The van der Waals surface area contributed by atoms with E-state index in [-0.39, 0.29) is 41.7 Å². The molecule has 10 heteroatoms. The van der Waals surface area contributed by atoms with E-state index in [0.29, 0.717) is 10.8 Å². The van der Waals surface area contributed by atoms with Gasteiger partial charge in [0.25, 0.3) is 0 Å². The Kier molecular flexibility index (Phi) is 8.15. The summed E-state index contributed by atoms with van der Waals surface area (Å²) < 4.78 is 15.1. The molecular formula is C32H26ClFN4O2S2. The summed E-state index contributed by atoms with van der Waals surface area (Å²) in [5, 5.41) is 10.3. The van der Waals surface area contributed by atoms with Crippen LogP contribution in [0.2, 0.25) is 5.02 Å². The Bertz CT molecular complexity index is 1750. The van der Waals surface area contributed by atoms with Gasteiger partial charge in [0.2, 0.25) is 11.8 Å². The van der Waals surface area contributed by atoms with Crippen molar-refractivity contribution in [1.82, 2.24) is 15.1 Å². The average Bonchev–Trinajstić information content (AvgIpc) is 3.63. The Labute approximate surface area is 256 Å². The molecule has 3 aromatic carbocycles. The second-order valence-electron chi connectivity index (χ2n) is 9.86. The minimum absolute atomic E-state index is 0.146. The van der Waals surface area contributed by atoms with Gasteiger partial charge in [0.15, 0.2) is 0 Å². The van der Waals surface area contributed by atoms with Gasteiger partial charge in [0.05, 0.1) is 21.6 Å². The van der Waals surface area contributed by atoms with E-state index in [9.17, 15) is 14.0 Å². The number of aryl methyl sites for hydroxylation is 1. The highest BCUT2D eigenvalue weighted by molar-refractivity contribution is 8.00. The maximum atomic E-state index is 13.9. The third-order valence-electron chi connectivity index (χ3n) is 7.08. The molecule has 5 aromatic rings. The van der Waals surface area contributed by atoms with E-state index in [0.717, 1.165) is 38.5 Å². The van der Waals surface area contributed by atoms with Crippen molar-refractivity contribution in [3.8, 4) is 16.3 Å². The van der Waals surface area contributed by atoms with Crippen LogP contribution in [0.25, 0.3) is 16.3 Å². The van der Waals surface area contributed by atoms with E-state index < -0.39 is 0 Å². The number of thioether (sulfide) groups is 1. The molecule has 6 nitrogen and oxygen atoms in total. The molecule has 6 rings (SSSR count). The predicted octanol–water partition coefficient (Wildman–Crippen LogP) is 7.19. The zero-order chi connectivity index (χ0) is 29.2. The van der Waals surface area contributed by atoms with Crippen LogP contribution < -0.4 is 10.2 Å². The van der Waals surface area contributed by atoms with Gasteiger partial charge >= 0.3 is 0 Å². The lowest BCUT2D eigenvalue weighted by molar-refractivity contribution is -0.123. The molecule has 212 valence electrons. The van der Waals surface area contributed by atoms with Crippen LogP contribution in [0.5, 0.6) is 0 Å². The lowest BCUT2D eigenvalue weighted by atomic mass is 10.0. The number of nitrogens with one attached hydrogen (secondary N) is 1. The third-order valence-corrected chi connectivity index (χ3v) is 9.54. The third kappa shape index (κ3) is 5.60. The summed E-state index contributed by atoms with van der Waals surface area (Å²) in [5.74, 6) is -0.197. The van der Waals surface area contributed by atoms with Crippen LogP contribution in [0.4, 0.5) is 10.2 Å². The second-order valence-corrected chi connectivity index (χ2v) is 12.3. The number of aromatic nitrogens is 2. The molecule has 1 N–H and O–H groups in total. The number of hydrogen-bond donors (Lipinski definition) is 1. The van der Waals surface area contributed by atoms with E-state index in [1.165, 1.54) is 28.8 Å². The number of para-hydroxylation sites is 1. The normalized spacial score (nSPS) is 14.9. The average molecular weight is 617 g/mol. The fourth-order valence-electron chi connectivity index (χ4n) is 5.02. The number of amides is 2. The highest BCUT2D eigenvalue weighted by atomic mass is 35.5. The Morgan fingerprint density at radius 3 is 2.55 bits per heavy atom. The molecule has 0 saturated carbocycles. The molecule has 0 aliphatic carbocycles. The SMILES string of the molecule is Cc1ccccc1-n1nc(-c2cccs2)c2c1N(CC(=O)NCc1ccc(F)cc1)C(=O)CS[C@@H]2c1ccccc1Cl. The Morgan fingerprint density at radius 2 is 1.81 bits per heavy atom. The molecule has 0 unspecified atom stereocenters. The molecule has 1 aliphatic rings. The van der Waals surface area contributed by atoms with Gasteiger partial charge in [-0.3, -0.25) is 14.5 Å². The number of halogens is 2. The summed E-state index contributed by atoms with van der Waals surface area (Å²) in [7, 11) is 0. The Balaban J connectivity index is 1.50. The molecule has 0 saturated heterocycles. The van der Waals surface area contributed by atoms with Gasteiger partial charge in [-0.2, -0.15) is 5.10 Å². The Morgan fingerprint density at radius 1 is 1.05 bits per heavy atom. The first-order valence-corrected chi connectivity index (χ1v) is 15.6. The van der Waals surface area contributed by atoms with Crippen LogP contribution in [0.3, 0.4) is 0 Å². The van der Waals surface area contributed by atoms with E-state index in [1.807, 2.05) is 73.0 Å². The molecule has 0 bridgehead atoms. The zero-order valence-electron chi connectivity index (χ0n) is 22.6. The lowest BCUT2D eigenvalue weighted by Crippen LogP contribution is -2.42. The number of rotatable bonds is 7. The summed E-state index contributed by atoms with van der Waals surface area (Å²) in [5.41, 5.74) is 4.99. The fourth-order valence-corrected chi connectivity index (χ4v) is 7.29. The number of thiophene rings is 1. The van der Waals surface area contributed by atoms with Crippen LogP contribution in [0.15, 0.2) is 90.3 Å². The smallest absolute Gasteiger partial charge is 0.240 e. The van der Waals surface area contributed by atoms with Crippen LogP contribution in [0, 0.1) is 12.7 Å². The number of hydrogen-bond acceptors (Lipinski definition) is 5. The molecule has 2 amide bonds. The topological polar surface area (TPSA) is 67.2 Å². The summed E-state index contributed by atoms with van der Waals surface area (Å²) in [6.07, 6.45) is 0. The number of carbonyl (C=O) groups is 2. The number of benzene rings is 3. The van der Waals surface area contributed by atoms with E-state index in [1.54, 1.807) is 28.2 Å². The highest BCUT2D eigenvalue weighted by Gasteiger charge is 2.38. The monoisotopic (exact) mass is 616 g/mol. The van der Waals surface area contributed by atoms with Crippen LogP contribution >= 0.6 is 34.7 Å². The second kappa shape index (κ2) is 12.1. The predicted molar refractivity (Wildman–Crippen MR) is 168 cm³/mol. The quantitative estimate of drug-likeness (QED) is 0.210. The van der Waals surface area contributed by atoms with E-state index in [4.69, 9.17) is 16.7 Å². The van der Waals surface area contributed by atoms with Crippen molar-refractivity contribution in [3.63, 3.8) is 0 Å². The maximum absolute atomic E-state index is 13.9. The van der Waals surface area contributed by atoms with Crippen molar-refractivity contribution in [2.24, 2.45) is 0 Å². The fraction of sp³-hybridized carbons (Fsp3) is 0.156. The van der Waals surface area contributed by atoms with Crippen molar-refractivity contribution in [1.29, 1.82) is 0 Å². The first kappa shape index (κ1) is 28.2. The van der Waals surface area contributed by atoms with Crippen molar-refractivity contribution in [3.05, 3.63) is 123 Å². The van der Waals surface area contributed by atoms with Gasteiger partial charge in [-0.25, -0.2) is 9.07 Å². The van der Waals surface area contributed by atoms with Crippen molar-refractivity contribution < 1.29 is 14.0 Å². The number of fused-ring (bicyclic) bond motifs is 1. The molecule has 0 spiro atoms. The van der Waals surface area contributed by atoms with Gasteiger partial charge < -0.3 is 5.32 Å². The molecule has 2 aromatic heterocycles. The highest BCUT2D eigenvalue weighted by Crippen LogP contribution is 2.50. The summed E-state index contributed by atoms with van der Waals surface area (Å²) in [4.78, 5) is 29.7. The molecule has 42 heavy (non-hydrogen) atoms. The standard InChI is InChI=1S/C32H26ClFN4O2S2/c1-20-7-2-5-10-25(20)38-32-29(30(36-38)26-11-6-16-41-26)31(23-8-3-4-9-24(23)33)42-19-28(40)37(32)18-27(39)35-17-21-12-14-22(34)15-13-21/h2-16,31H,17-19H2,1H3,(H,35,39)/t31-/m1/s1. The summed E-state index contributed by atoms with van der Waals surface area (Å²) in [6.45, 7) is 2.00. The van der Waals surface area contributed by atoms with Crippen LogP contribution in [-0.4, -0.2) is 33.9 Å². The zero-order valence-corrected chi connectivity index (χ0v) is 25.0. The molecular weight excluding hydrogens is 591 g/mol. The van der Waals surface area contributed by atoms with Gasteiger partial charge in [-0.05, 0) is 59.3 Å². The molecule has 1 aliphatic heterocycles. The number of carbonyl (C=O) groups excluding carboxylic acids is 2. The van der Waals surface area contributed by atoms with Crippen molar-refractivity contribution in [2.45, 2.75) is 18.7 Å². The van der Waals surface area contributed by atoms with E-state index in [2.05, 4.69) is 5.32 Å². The largest absolute Gasteiger partial charge is 0.350 e. The van der Waals surface area contributed by atoms with Crippen LogP contribution in [-0.2, 0) is 16.1 Å². The molecule has 1 atom stereocenters. The first-order valence-electron chi connectivity index (χ1n) is 13.3. The molecule has 0 radical (unpaired) electrons. The van der Waals surface area contributed by atoms with Crippen molar-refractivity contribution >= 4 is 52.3 Å². The Hall–Kier alpha value is -3.92. The van der Waals surface area contributed by atoms with Crippen LogP contribution in [0.1, 0.15) is 27.5 Å². The minimum Gasteiger partial charge on any atom is -0.350 e. The number of anilines is 1. The van der Waals surface area contributed by atoms with Gasteiger partial charge in [0, 0.05) is 17.1 Å². The van der Waals surface area contributed by atoms with Gasteiger partial charge in [0.1, 0.15) is 23.9 Å². The molecule has 3 heterocycles. The number of nitrogens with zero attached hydrogens (tertiary/aromatic N) is 3.